The molecule has 120 valence electrons. The van der Waals surface area contributed by atoms with E-state index in [1.54, 1.807) is 6.20 Å². The molecule has 0 saturated heterocycles. The molecule has 0 aromatic carbocycles. The SMILES string of the molecule is [2H]C([2H])([2H])c1c[n+](C)c(N2B(C)C=Cc3c2oc2nc(C)ccc32)cc1C. The largest absolute Gasteiger partial charge is 0.405 e. The number of hydrogen-bond donors (Lipinski definition) is 0. The van der Waals surface area contributed by atoms with Gasteiger partial charge in [-0.1, -0.05) is 12.1 Å². The summed E-state index contributed by atoms with van der Waals surface area (Å²) >= 11 is 0. The van der Waals surface area contributed by atoms with E-state index in [4.69, 9.17) is 8.53 Å². The van der Waals surface area contributed by atoms with E-state index in [-0.39, 0.29) is 6.85 Å². The number of anilines is 2. The lowest BCUT2D eigenvalue weighted by molar-refractivity contribution is -0.658. The average molecular weight is 321 g/mol. The molecular weight excluding hydrogens is 297 g/mol. The first kappa shape index (κ1) is 11.9. The molecule has 4 heterocycles. The molecule has 0 amide bonds. The quantitative estimate of drug-likeness (QED) is 0.503. The van der Waals surface area contributed by atoms with Crippen LogP contribution in [-0.4, -0.2) is 11.8 Å². The zero-order chi connectivity index (χ0) is 19.5. The highest BCUT2D eigenvalue weighted by Gasteiger charge is 2.37. The van der Waals surface area contributed by atoms with E-state index in [0.29, 0.717) is 11.3 Å². The lowest BCUT2D eigenvalue weighted by atomic mass is 9.61. The van der Waals surface area contributed by atoms with Gasteiger partial charge in [0.25, 0.3) is 11.7 Å². The minimum atomic E-state index is -2.14. The fourth-order valence-corrected chi connectivity index (χ4v) is 3.21. The number of pyridine rings is 2. The van der Waals surface area contributed by atoms with E-state index in [0.717, 1.165) is 33.9 Å². The van der Waals surface area contributed by atoms with Crippen molar-refractivity contribution in [2.75, 3.05) is 4.81 Å². The fourth-order valence-electron chi connectivity index (χ4n) is 3.21. The molecule has 5 heteroatoms. The van der Waals surface area contributed by atoms with Crippen LogP contribution in [0.1, 0.15) is 26.5 Å². The number of nitrogens with zero attached hydrogens (tertiary/aromatic N) is 3. The molecule has 3 aromatic heterocycles. The summed E-state index contributed by atoms with van der Waals surface area (Å²) in [4.78, 5) is 6.60. The maximum Gasteiger partial charge on any atom is 0.405 e. The van der Waals surface area contributed by atoms with Crippen molar-refractivity contribution in [3.05, 3.63) is 52.8 Å². The van der Waals surface area contributed by atoms with Crippen LogP contribution in [0.5, 0.6) is 0 Å². The molecule has 0 bridgehead atoms. The van der Waals surface area contributed by atoms with E-state index < -0.39 is 6.85 Å². The minimum absolute atomic E-state index is 0.0587. The van der Waals surface area contributed by atoms with E-state index in [1.807, 2.05) is 43.7 Å². The third kappa shape index (κ3) is 2.15. The first-order valence-corrected chi connectivity index (χ1v) is 8.05. The molecule has 3 aromatic rings. The Bertz CT molecular complexity index is 1090. The molecule has 24 heavy (non-hydrogen) atoms. The number of furan rings is 1. The van der Waals surface area contributed by atoms with Crippen LogP contribution < -0.4 is 9.38 Å². The smallest absolute Gasteiger partial charge is 0.404 e. The van der Waals surface area contributed by atoms with Crippen molar-refractivity contribution >= 4 is 35.7 Å². The molecule has 0 fully saturated rings. The Balaban J connectivity index is 1.92. The molecule has 1 aliphatic rings. The molecule has 0 unspecified atom stereocenters. The molecule has 0 saturated carbocycles. The van der Waals surface area contributed by atoms with Gasteiger partial charge in [0.15, 0.2) is 0 Å². The van der Waals surface area contributed by atoms with Crippen LogP contribution >= 0.6 is 0 Å². The number of hydrogen-bond acceptors (Lipinski definition) is 3. The van der Waals surface area contributed by atoms with Crippen molar-refractivity contribution in [2.45, 2.75) is 27.5 Å². The van der Waals surface area contributed by atoms with Gasteiger partial charge in [0, 0.05) is 15.9 Å². The third-order valence-electron chi connectivity index (χ3n) is 4.58. The minimum Gasteiger partial charge on any atom is -0.404 e. The van der Waals surface area contributed by atoms with E-state index in [9.17, 15) is 0 Å². The van der Waals surface area contributed by atoms with Gasteiger partial charge in [0.1, 0.15) is 0 Å². The molecule has 0 radical (unpaired) electrons. The summed E-state index contributed by atoms with van der Waals surface area (Å²) < 4.78 is 31.2. The highest BCUT2D eigenvalue weighted by Crippen LogP contribution is 2.39. The summed E-state index contributed by atoms with van der Waals surface area (Å²) in [7, 11) is 1.86. The van der Waals surface area contributed by atoms with Gasteiger partial charge in [-0.3, -0.25) is 4.81 Å². The van der Waals surface area contributed by atoms with Crippen molar-refractivity contribution in [3.63, 3.8) is 0 Å². The maximum absolute atomic E-state index is 7.74. The summed E-state index contributed by atoms with van der Waals surface area (Å²) in [5, 5.41) is 0.974. The van der Waals surface area contributed by atoms with Gasteiger partial charge in [0.05, 0.1) is 24.2 Å². The predicted molar refractivity (Wildman–Crippen MR) is 98.6 cm³/mol. The number of aromatic nitrogens is 2. The summed E-state index contributed by atoms with van der Waals surface area (Å²) in [5.74, 6) is 3.72. The summed E-state index contributed by atoms with van der Waals surface area (Å²) in [6, 6.07) is 5.91. The second kappa shape index (κ2) is 5.23. The lowest BCUT2D eigenvalue weighted by Gasteiger charge is -2.22. The maximum atomic E-state index is 7.74. The Kier molecular flexibility index (Phi) is 2.59. The Morgan fingerprint density at radius 3 is 2.92 bits per heavy atom. The second-order valence-corrected chi connectivity index (χ2v) is 6.44. The van der Waals surface area contributed by atoms with Gasteiger partial charge in [-0.2, -0.15) is 0 Å². The van der Waals surface area contributed by atoms with Gasteiger partial charge < -0.3 is 4.42 Å². The first-order chi connectivity index (χ1) is 12.7. The third-order valence-corrected chi connectivity index (χ3v) is 4.58. The molecule has 0 N–H and O–H groups in total. The normalized spacial score (nSPS) is 16.1. The standard InChI is InChI=1S/C19H21BN3O/c1-12-10-17(22(5)11-13(12)2)23-19-16(8-9-20(23)4)15-7-6-14(3)21-18(15)24-19/h6-11H,1-5H3/q+1/i2D3. The van der Waals surface area contributed by atoms with Crippen molar-refractivity contribution in [3.8, 4) is 0 Å². The highest BCUT2D eigenvalue weighted by atomic mass is 16.4. The Morgan fingerprint density at radius 1 is 1.29 bits per heavy atom. The lowest BCUT2D eigenvalue weighted by Crippen LogP contribution is -2.43. The van der Waals surface area contributed by atoms with Crippen LogP contribution in [0.25, 0.3) is 17.2 Å². The Labute approximate surface area is 146 Å². The summed E-state index contributed by atoms with van der Waals surface area (Å²) in [5.41, 5.74) is 3.60. The van der Waals surface area contributed by atoms with E-state index in [1.165, 1.54) is 0 Å². The fraction of sp³-hybridized carbons (Fsp3) is 0.263. The summed E-state index contributed by atoms with van der Waals surface area (Å²) in [6.45, 7) is 3.77. The van der Waals surface area contributed by atoms with Gasteiger partial charge in [0.2, 0.25) is 5.71 Å². The highest BCUT2D eigenvalue weighted by molar-refractivity contribution is 6.69. The molecule has 0 aliphatic carbocycles. The zero-order valence-corrected chi connectivity index (χ0v) is 14.3. The predicted octanol–water partition coefficient (Wildman–Crippen LogP) is 3.90. The molecular formula is C19H21BN3O+. The van der Waals surface area contributed by atoms with E-state index in [2.05, 4.69) is 28.7 Å². The first-order valence-electron chi connectivity index (χ1n) is 9.55. The van der Waals surface area contributed by atoms with Crippen molar-refractivity contribution in [1.29, 1.82) is 0 Å². The Hall–Kier alpha value is -2.56. The molecule has 0 atom stereocenters. The van der Waals surface area contributed by atoms with Gasteiger partial charge in [-0.15, -0.1) is 0 Å². The second-order valence-electron chi connectivity index (χ2n) is 6.44. The van der Waals surface area contributed by atoms with Crippen LogP contribution in [0.3, 0.4) is 0 Å². The van der Waals surface area contributed by atoms with Gasteiger partial charge in [-0.25, -0.2) is 9.55 Å². The topological polar surface area (TPSA) is 33.2 Å². The van der Waals surface area contributed by atoms with Crippen molar-refractivity contribution < 1.29 is 13.1 Å². The van der Waals surface area contributed by atoms with Crippen LogP contribution in [-0.2, 0) is 7.05 Å². The van der Waals surface area contributed by atoms with E-state index >= 15 is 0 Å². The van der Waals surface area contributed by atoms with Crippen LogP contribution in [0, 0.1) is 20.7 Å². The van der Waals surface area contributed by atoms with Crippen LogP contribution in [0.15, 0.2) is 34.8 Å². The number of aryl methyl sites for hydroxylation is 4. The van der Waals surface area contributed by atoms with Crippen LogP contribution in [0.2, 0.25) is 6.82 Å². The van der Waals surface area contributed by atoms with Crippen molar-refractivity contribution in [1.82, 2.24) is 4.98 Å². The molecule has 4 nitrogen and oxygen atoms in total. The van der Waals surface area contributed by atoms with Crippen molar-refractivity contribution in [2.24, 2.45) is 7.05 Å². The average Bonchev–Trinajstić information content (AvgIpc) is 2.93. The van der Waals surface area contributed by atoms with Crippen LogP contribution in [0.4, 0.5) is 11.7 Å². The van der Waals surface area contributed by atoms with Gasteiger partial charge in [-0.05, 0) is 50.8 Å². The van der Waals surface area contributed by atoms with Gasteiger partial charge >= 0.3 is 6.85 Å². The molecule has 1 aliphatic heterocycles. The Morgan fingerprint density at radius 2 is 2.12 bits per heavy atom. The zero-order valence-electron chi connectivity index (χ0n) is 17.3. The molecule has 0 spiro atoms. The monoisotopic (exact) mass is 321 g/mol. The number of rotatable bonds is 1. The summed E-state index contributed by atoms with van der Waals surface area (Å²) in [6.07, 6.45) is 3.76. The molecule has 4 rings (SSSR count). The number of fused-ring (bicyclic) bond motifs is 3.